The minimum Gasteiger partial charge on any atom is -0.320 e. The van der Waals surface area contributed by atoms with Crippen LogP contribution in [0.4, 0.5) is 5.69 Å². The number of hydrogen-bond donors (Lipinski definition) is 2. The predicted octanol–water partition coefficient (Wildman–Crippen LogP) is 0.588. The number of aromatic nitrogens is 2. The standard InChI is InChI=1S/C13H12N4O2S/c14-5-1-2-11-8-13(10-16-9-11)20(18,19)17-12-3-6-15-7-4-12/h3-4,6-10H,5,14H2,(H,15,17). The van der Waals surface area contributed by atoms with Crippen molar-refractivity contribution in [3.8, 4) is 11.8 Å². The van der Waals surface area contributed by atoms with Gasteiger partial charge in [0.25, 0.3) is 10.0 Å². The van der Waals surface area contributed by atoms with Crippen molar-refractivity contribution in [3.63, 3.8) is 0 Å². The van der Waals surface area contributed by atoms with Crippen molar-refractivity contribution in [1.29, 1.82) is 0 Å². The van der Waals surface area contributed by atoms with Crippen LogP contribution in [0, 0.1) is 11.8 Å². The van der Waals surface area contributed by atoms with Crippen molar-refractivity contribution in [3.05, 3.63) is 48.5 Å². The number of nitrogens with zero attached hydrogens (tertiary/aromatic N) is 2. The van der Waals surface area contributed by atoms with Gasteiger partial charge in [-0.15, -0.1) is 0 Å². The van der Waals surface area contributed by atoms with E-state index in [1.807, 2.05) is 0 Å². The van der Waals surface area contributed by atoms with Crippen molar-refractivity contribution in [2.24, 2.45) is 5.73 Å². The van der Waals surface area contributed by atoms with Gasteiger partial charge in [-0.2, -0.15) is 0 Å². The third kappa shape index (κ3) is 3.54. The third-order valence-electron chi connectivity index (χ3n) is 2.29. The molecule has 0 saturated carbocycles. The van der Waals surface area contributed by atoms with Gasteiger partial charge in [-0.1, -0.05) is 11.8 Å². The quantitative estimate of drug-likeness (QED) is 0.805. The van der Waals surface area contributed by atoms with Crippen LogP contribution in [0.1, 0.15) is 5.56 Å². The number of sulfonamides is 1. The number of pyridine rings is 2. The average molecular weight is 288 g/mol. The van der Waals surface area contributed by atoms with Gasteiger partial charge >= 0.3 is 0 Å². The normalized spacial score (nSPS) is 10.4. The smallest absolute Gasteiger partial charge is 0.263 e. The van der Waals surface area contributed by atoms with E-state index in [1.54, 1.807) is 12.1 Å². The molecule has 2 heterocycles. The van der Waals surface area contributed by atoms with Gasteiger partial charge in [-0.3, -0.25) is 14.7 Å². The Morgan fingerprint density at radius 3 is 2.65 bits per heavy atom. The van der Waals surface area contributed by atoms with Gasteiger partial charge in [0.2, 0.25) is 0 Å². The van der Waals surface area contributed by atoms with E-state index < -0.39 is 10.0 Å². The van der Waals surface area contributed by atoms with E-state index in [9.17, 15) is 8.42 Å². The van der Waals surface area contributed by atoms with E-state index >= 15 is 0 Å². The van der Waals surface area contributed by atoms with Crippen LogP contribution in [0.3, 0.4) is 0 Å². The number of rotatable bonds is 3. The molecule has 3 N–H and O–H groups in total. The number of anilines is 1. The molecule has 0 aliphatic heterocycles. The van der Waals surface area contributed by atoms with Crippen LogP contribution < -0.4 is 10.5 Å². The van der Waals surface area contributed by atoms with Crippen LogP contribution in [0.2, 0.25) is 0 Å². The van der Waals surface area contributed by atoms with E-state index in [0.29, 0.717) is 11.3 Å². The van der Waals surface area contributed by atoms with Crippen LogP contribution in [-0.2, 0) is 10.0 Å². The molecule has 102 valence electrons. The monoisotopic (exact) mass is 288 g/mol. The molecule has 0 bridgehead atoms. The average Bonchev–Trinajstić information content (AvgIpc) is 2.46. The van der Waals surface area contributed by atoms with Crippen molar-refractivity contribution < 1.29 is 8.42 Å². The summed E-state index contributed by atoms with van der Waals surface area (Å²) in [5.41, 5.74) is 6.19. The summed E-state index contributed by atoms with van der Waals surface area (Å²) in [5.74, 6) is 5.39. The summed E-state index contributed by atoms with van der Waals surface area (Å²) < 4.78 is 26.8. The summed E-state index contributed by atoms with van der Waals surface area (Å²) in [6.45, 7) is 0.201. The maximum Gasteiger partial charge on any atom is 0.263 e. The van der Waals surface area contributed by atoms with Crippen LogP contribution in [0.5, 0.6) is 0 Å². The van der Waals surface area contributed by atoms with Crippen molar-refractivity contribution in [2.45, 2.75) is 4.90 Å². The van der Waals surface area contributed by atoms with E-state index in [-0.39, 0.29) is 11.4 Å². The topological polar surface area (TPSA) is 98.0 Å². The lowest BCUT2D eigenvalue weighted by atomic mass is 10.3. The molecule has 0 saturated heterocycles. The Balaban J connectivity index is 2.30. The van der Waals surface area contributed by atoms with E-state index in [4.69, 9.17) is 5.73 Å². The molecule has 0 aliphatic rings. The predicted molar refractivity (Wildman–Crippen MR) is 75.2 cm³/mol. The molecule has 2 rings (SSSR count). The molecule has 0 aliphatic carbocycles. The fraction of sp³-hybridized carbons (Fsp3) is 0.0769. The Bertz CT molecular complexity index is 749. The summed E-state index contributed by atoms with van der Waals surface area (Å²) in [6.07, 6.45) is 5.74. The summed E-state index contributed by atoms with van der Waals surface area (Å²) in [7, 11) is -3.70. The van der Waals surface area contributed by atoms with Gasteiger partial charge in [0.15, 0.2) is 0 Å². The van der Waals surface area contributed by atoms with E-state index in [0.717, 1.165) is 0 Å². The minimum absolute atomic E-state index is 0.0399. The molecule has 6 nitrogen and oxygen atoms in total. The lowest BCUT2D eigenvalue weighted by Crippen LogP contribution is -2.13. The molecular weight excluding hydrogens is 276 g/mol. The molecule has 0 amide bonds. The Morgan fingerprint density at radius 1 is 1.20 bits per heavy atom. The molecule has 0 atom stereocenters. The summed E-state index contributed by atoms with van der Waals surface area (Å²) in [4.78, 5) is 7.73. The first-order valence-electron chi connectivity index (χ1n) is 5.68. The van der Waals surface area contributed by atoms with E-state index in [1.165, 1.54) is 30.9 Å². The molecule has 2 aromatic heterocycles. The molecule has 7 heteroatoms. The van der Waals surface area contributed by atoms with Gasteiger partial charge in [0, 0.05) is 30.4 Å². The summed E-state index contributed by atoms with van der Waals surface area (Å²) in [6, 6.07) is 4.56. The van der Waals surface area contributed by atoms with E-state index in [2.05, 4.69) is 26.5 Å². The van der Waals surface area contributed by atoms with Gasteiger partial charge in [0.1, 0.15) is 4.90 Å². The highest BCUT2D eigenvalue weighted by Crippen LogP contribution is 2.14. The summed E-state index contributed by atoms with van der Waals surface area (Å²) in [5, 5.41) is 0. The second-order valence-corrected chi connectivity index (χ2v) is 5.44. The van der Waals surface area contributed by atoms with Crippen LogP contribution >= 0.6 is 0 Å². The minimum atomic E-state index is -3.70. The van der Waals surface area contributed by atoms with Crippen molar-refractivity contribution in [2.75, 3.05) is 11.3 Å². The number of nitrogens with one attached hydrogen (secondary N) is 1. The molecule has 0 fully saturated rings. The van der Waals surface area contributed by atoms with Crippen LogP contribution in [0.15, 0.2) is 47.9 Å². The largest absolute Gasteiger partial charge is 0.320 e. The zero-order chi connectivity index (χ0) is 14.4. The second kappa shape index (κ2) is 6.14. The fourth-order valence-electron chi connectivity index (χ4n) is 1.42. The zero-order valence-electron chi connectivity index (χ0n) is 10.4. The Labute approximate surface area is 117 Å². The number of hydrogen-bond acceptors (Lipinski definition) is 5. The number of nitrogens with two attached hydrogens (primary N) is 1. The molecule has 0 spiro atoms. The zero-order valence-corrected chi connectivity index (χ0v) is 11.3. The summed E-state index contributed by atoms with van der Waals surface area (Å²) >= 11 is 0. The fourth-order valence-corrected chi connectivity index (χ4v) is 2.47. The van der Waals surface area contributed by atoms with Crippen molar-refractivity contribution in [1.82, 2.24) is 9.97 Å². The first-order valence-corrected chi connectivity index (χ1v) is 7.17. The maximum atomic E-state index is 12.2. The maximum absolute atomic E-state index is 12.2. The Kier molecular flexibility index (Phi) is 4.30. The first kappa shape index (κ1) is 14.0. The molecule has 20 heavy (non-hydrogen) atoms. The molecule has 0 radical (unpaired) electrons. The third-order valence-corrected chi connectivity index (χ3v) is 3.64. The molecule has 0 aromatic carbocycles. The lowest BCUT2D eigenvalue weighted by Gasteiger charge is -2.07. The molecular formula is C13H12N4O2S. The highest BCUT2D eigenvalue weighted by atomic mass is 32.2. The molecule has 2 aromatic rings. The van der Waals surface area contributed by atoms with Gasteiger partial charge in [-0.25, -0.2) is 8.42 Å². The van der Waals surface area contributed by atoms with Crippen molar-refractivity contribution >= 4 is 15.7 Å². The van der Waals surface area contributed by atoms with Gasteiger partial charge < -0.3 is 5.73 Å². The van der Waals surface area contributed by atoms with Gasteiger partial charge in [0.05, 0.1) is 12.2 Å². The second-order valence-electron chi connectivity index (χ2n) is 3.76. The van der Waals surface area contributed by atoms with Gasteiger partial charge in [-0.05, 0) is 18.2 Å². The Morgan fingerprint density at radius 2 is 1.95 bits per heavy atom. The molecule has 0 unspecified atom stereocenters. The SMILES string of the molecule is NCC#Cc1cncc(S(=O)(=O)Nc2ccncc2)c1. The van der Waals surface area contributed by atoms with Crippen LogP contribution in [-0.4, -0.2) is 24.9 Å². The first-order chi connectivity index (χ1) is 9.62. The highest BCUT2D eigenvalue weighted by Gasteiger charge is 2.14. The highest BCUT2D eigenvalue weighted by molar-refractivity contribution is 7.92. The lowest BCUT2D eigenvalue weighted by molar-refractivity contribution is 0.601. The van der Waals surface area contributed by atoms with Crippen LogP contribution in [0.25, 0.3) is 0 Å². The Hall–Kier alpha value is -2.43.